The molecule has 0 saturated carbocycles. The minimum atomic E-state index is -0.379. The number of carbonyl (C=O) groups excluding carboxylic acids is 1. The zero-order valence-corrected chi connectivity index (χ0v) is 12.1. The fraction of sp³-hybridized carbons (Fsp3) is 0.267. The summed E-state index contributed by atoms with van der Waals surface area (Å²) in [5.74, 6) is -0.0247. The number of aromatic amines is 1. The predicted octanol–water partition coefficient (Wildman–Crippen LogP) is 1.98. The molecule has 0 aliphatic rings. The second kappa shape index (κ2) is 6.40. The van der Waals surface area contributed by atoms with Crippen LogP contribution < -0.4 is 5.32 Å². The maximum Gasteiger partial charge on any atom is 0.316 e. The van der Waals surface area contributed by atoms with Crippen LogP contribution in [0.5, 0.6) is 0 Å². The number of ether oxygens (including phenoxy) is 1. The second-order valence-electron chi connectivity index (χ2n) is 4.77. The van der Waals surface area contributed by atoms with Gasteiger partial charge < -0.3 is 19.6 Å². The van der Waals surface area contributed by atoms with Gasteiger partial charge in [-0.2, -0.15) is 4.98 Å². The van der Waals surface area contributed by atoms with Gasteiger partial charge in [-0.1, -0.05) is 17.3 Å². The van der Waals surface area contributed by atoms with Gasteiger partial charge in [0, 0.05) is 42.9 Å². The Hall–Kier alpha value is -2.67. The molecule has 7 heteroatoms. The molecule has 0 aliphatic heterocycles. The molecule has 0 spiro atoms. The summed E-state index contributed by atoms with van der Waals surface area (Å²) in [5.41, 5.74) is 1.80. The molecular formula is C15H16N4O3. The van der Waals surface area contributed by atoms with Crippen LogP contribution in [0.2, 0.25) is 0 Å². The van der Waals surface area contributed by atoms with Crippen molar-refractivity contribution in [2.75, 3.05) is 20.3 Å². The van der Waals surface area contributed by atoms with E-state index in [-0.39, 0.29) is 11.8 Å². The van der Waals surface area contributed by atoms with E-state index in [4.69, 9.17) is 9.26 Å². The van der Waals surface area contributed by atoms with Crippen molar-refractivity contribution in [2.24, 2.45) is 0 Å². The summed E-state index contributed by atoms with van der Waals surface area (Å²) in [6.45, 7) is 1.09. The summed E-state index contributed by atoms with van der Waals surface area (Å²) in [4.78, 5) is 19.2. The molecule has 114 valence electrons. The van der Waals surface area contributed by atoms with Gasteiger partial charge in [0.1, 0.15) is 0 Å². The average molecular weight is 300 g/mol. The predicted molar refractivity (Wildman–Crippen MR) is 80.4 cm³/mol. The zero-order valence-electron chi connectivity index (χ0n) is 12.1. The highest BCUT2D eigenvalue weighted by molar-refractivity contribution is 5.94. The third-order valence-corrected chi connectivity index (χ3v) is 3.27. The van der Waals surface area contributed by atoms with Crippen LogP contribution in [0.3, 0.4) is 0 Å². The van der Waals surface area contributed by atoms with E-state index in [1.165, 1.54) is 0 Å². The van der Waals surface area contributed by atoms with Crippen molar-refractivity contribution < 1.29 is 14.1 Å². The fourth-order valence-corrected chi connectivity index (χ4v) is 2.20. The first-order valence-electron chi connectivity index (χ1n) is 6.97. The summed E-state index contributed by atoms with van der Waals surface area (Å²) in [6, 6.07) is 7.68. The quantitative estimate of drug-likeness (QED) is 0.679. The molecule has 0 fully saturated rings. The summed E-state index contributed by atoms with van der Waals surface area (Å²) in [5, 5.41) is 7.59. The van der Waals surface area contributed by atoms with Crippen LogP contribution in [0.1, 0.15) is 17.1 Å². The lowest BCUT2D eigenvalue weighted by Crippen LogP contribution is -2.25. The SMILES string of the molecule is COCCCNC(=O)c1nc(-c2cccc3[nH]ccc23)no1. The monoisotopic (exact) mass is 300 g/mol. The van der Waals surface area contributed by atoms with Gasteiger partial charge in [0.2, 0.25) is 5.82 Å². The number of benzene rings is 1. The molecule has 1 amide bonds. The van der Waals surface area contributed by atoms with Crippen LogP contribution in [0.15, 0.2) is 35.0 Å². The van der Waals surface area contributed by atoms with Crippen molar-refractivity contribution in [1.29, 1.82) is 0 Å². The minimum absolute atomic E-state index is 0.0417. The molecular weight excluding hydrogens is 284 g/mol. The fourth-order valence-electron chi connectivity index (χ4n) is 2.20. The number of rotatable bonds is 6. The van der Waals surface area contributed by atoms with Crippen molar-refractivity contribution in [3.05, 3.63) is 36.4 Å². The Kier molecular flexibility index (Phi) is 4.15. The lowest BCUT2D eigenvalue weighted by atomic mass is 10.1. The van der Waals surface area contributed by atoms with Gasteiger partial charge in [-0.3, -0.25) is 4.79 Å². The zero-order chi connectivity index (χ0) is 15.4. The van der Waals surface area contributed by atoms with Crippen LogP contribution in [0, 0.1) is 0 Å². The number of H-pyrrole nitrogens is 1. The lowest BCUT2D eigenvalue weighted by Gasteiger charge is -2.00. The van der Waals surface area contributed by atoms with Gasteiger partial charge in [-0.25, -0.2) is 0 Å². The lowest BCUT2D eigenvalue weighted by molar-refractivity contribution is 0.0905. The molecule has 0 unspecified atom stereocenters. The number of amides is 1. The number of nitrogens with one attached hydrogen (secondary N) is 2. The highest BCUT2D eigenvalue weighted by atomic mass is 16.5. The van der Waals surface area contributed by atoms with E-state index in [9.17, 15) is 4.79 Å². The maximum atomic E-state index is 11.9. The van der Waals surface area contributed by atoms with Gasteiger partial charge in [-0.05, 0) is 18.6 Å². The van der Waals surface area contributed by atoms with Gasteiger partial charge >= 0.3 is 11.8 Å². The first-order chi connectivity index (χ1) is 10.8. The van der Waals surface area contributed by atoms with Crippen LogP contribution in [-0.4, -0.2) is 41.3 Å². The Morgan fingerprint density at radius 1 is 1.41 bits per heavy atom. The second-order valence-corrected chi connectivity index (χ2v) is 4.77. The molecule has 0 bridgehead atoms. The van der Waals surface area contributed by atoms with Crippen molar-refractivity contribution in [2.45, 2.75) is 6.42 Å². The number of carbonyl (C=O) groups is 1. The van der Waals surface area contributed by atoms with Crippen molar-refractivity contribution in [3.63, 3.8) is 0 Å². The van der Waals surface area contributed by atoms with Gasteiger partial charge in [-0.15, -0.1) is 0 Å². The van der Waals surface area contributed by atoms with Crippen molar-refractivity contribution in [3.8, 4) is 11.4 Å². The van der Waals surface area contributed by atoms with Gasteiger partial charge in [0.15, 0.2) is 0 Å². The highest BCUT2D eigenvalue weighted by Crippen LogP contribution is 2.25. The first kappa shape index (κ1) is 14.3. The van der Waals surface area contributed by atoms with Crippen molar-refractivity contribution in [1.82, 2.24) is 20.4 Å². The van der Waals surface area contributed by atoms with Crippen LogP contribution in [-0.2, 0) is 4.74 Å². The van der Waals surface area contributed by atoms with E-state index in [2.05, 4.69) is 20.4 Å². The molecule has 2 aromatic heterocycles. The number of fused-ring (bicyclic) bond motifs is 1. The molecule has 2 heterocycles. The summed E-state index contributed by atoms with van der Waals surface area (Å²) < 4.78 is 9.97. The number of hydrogen-bond donors (Lipinski definition) is 2. The molecule has 3 rings (SSSR count). The summed E-state index contributed by atoms with van der Waals surface area (Å²) >= 11 is 0. The molecule has 22 heavy (non-hydrogen) atoms. The maximum absolute atomic E-state index is 11.9. The van der Waals surface area contributed by atoms with E-state index < -0.39 is 0 Å². The Morgan fingerprint density at radius 3 is 3.18 bits per heavy atom. The van der Waals surface area contributed by atoms with E-state index in [0.29, 0.717) is 19.0 Å². The molecule has 0 radical (unpaired) electrons. The Labute approximate surface area is 126 Å². The summed E-state index contributed by atoms with van der Waals surface area (Å²) in [6.07, 6.45) is 2.57. The number of aromatic nitrogens is 3. The molecule has 0 aliphatic carbocycles. The molecule has 1 aromatic carbocycles. The summed E-state index contributed by atoms with van der Waals surface area (Å²) in [7, 11) is 1.62. The van der Waals surface area contributed by atoms with Crippen LogP contribution in [0.4, 0.5) is 0 Å². The topological polar surface area (TPSA) is 93.0 Å². The Morgan fingerprint density at radius 2 is 2.32 bits per heavy atom. The van der Waals surface area contributed by atoms with E-state index >= 15 is 0 Å². The van der Waals surface area contributed by atoms with E-state index in [1.54, 1.807) is 7.11 Å². The van der Waals surface area contributed by atoms with Crippen LogP contribution >= 0.6 is 0 Å². The Bertz CT molecular complexity index is 778. The molecule has 3 aromatic rings. The standard InChI is InChI=1S/C15H16N4O3/c1-21-9-3-7-17-14(20)15-18-13(19-22-15)11-4-2-5-12-10(11)6-8-16-12/h2,4-6,8,16H,3,7,9H2,1H3,(H,17,20). The van der Waals surface area contributed by atoms with Gasteiger partial charge in [0.25, 0.3) is 0 Å². The third-order valence-electron chi connectivity index (χ3n) is 3.27. The molecule has 0 atom stereocenters. The normalized spacial score (nSPS) is 11.0. The molecule has 7 nitrogen and oxygen atoms in total. The van der Waals surface area contributed by atoms with Crippen molar-refractivity contribution >= 4 is 16.8 Å². The first-order valence-corrected chi connectivity index (χ1v) is 6.97. The molecule has 2 N–H and O–H groups in total. The number of methoxy groups -OCH3 is 1. The number of nitrogens with zero attached hydrogens (tertiary/aromatic N) is 2. The van der Waals surface area contributed by atoms with E-state index in [1.807, 2.05) is 30.5 Å². The molecule has 0 saturated heterocycles. The number of hydrogen-bond acceptors (Lipinski definition) is 5. The highest BCUT2D eigenvalue weighted by Gasteiger charge is 2.17. The average Bonchev–Trinajstić information content (AvgIpc) is 3.19. The van der Waals surface area contributed by atoms with Crippen LogP contribution in [0.25, 0.3) is 22.3 Å². The largest absolute Gasteiger partial charge is 0.385 e. The smallest absolute Gasteiger partial charge is 0.316 e. The minimum Gasteiger partial charge on any atom is -0.385 e. The van der Waals surface area contributed by atoms with Gasteiger partial charge in [0.05, 0.1) is 0 Å². The third kappa shape index (κ3) is 2.84. The Balaban J connectivity index is 1.76. The van der Waals surface area contributed by atoms with E-state index in [0.717, 1.165) is 22.9 Å².